The molecule has 2 amide bonds. The number of rotatable bonds is 8. The van der Waals surface area contributed by atoms with Crippen molar-refractivity contribution >= 4 is 35.3 Å². The van der Waals surface area contributed by atoms with Gasteiger partial charge in [-0.25, -0.2) is 0 Å². The van der Waals surface area contributed by atoms with Crippen molar-refractivity contribution in [2.75, 3.05) is 11.4 Å². The predicted molar refractivity (Wildman–Crippen MR) is 141 cm³/mol. The summed E-state index contributed by atoms with van der Waals surface area (Å²) in [6.07, 6.45) is 4.63. The minimum atomic E-state index is -0.151. The van der Waals surface area contributed by atoms with E-state index in [0.29, 0.717) is 4.91 Å². The molecule has 1 aliphatic rings. The van der Waals surface area contributed by atoms with Crippen molar-refractivity contribution in [3.63, 3.8) is 0 Å². The Labute approximate surface area is 206 Å². The summed E-state index contributed by atoms with van der Waals surface area (Å²) >= 11 is 1.46. The molecule has 4 rings (SSSR count). The van der Waals surface area contributed by atoms with Crippen LogP contribution in [-0.4, -0.2) is 24.4 Å². The molecule has 174 valence electrons. The lowest BCUT2D eigenvalue weighted by Crippen LogP contribution is -2.45. The molecule has 0 unspecified atom stereocenters. The van der Waals surface area contributed by atoms with Gasteiger partial charge in [0.1, 0.15) is 6.54 Å². The van der Waals surface area contributed by atoms with Gasteiger partial charge in [-0.1, -0.05) is 85.4 Å². The molecule has 0 radical (unpaired) electrons. The SMILES string of the molecule is CCc1ccc(/C=C2\Sc3ccccc3N(CC(=O)N[C@H](C)CCc3ccccc3)C2=O)cc1. The fourth-order valence-corrected chi connectivity index (χ4v) is 5.04. The Morgan fingerprint density at radius 2 is 1.68 bits per heavy atom. The summed E-state index contributed by atoms with van der Waals surface area (Å²) in [6.45, 7) is 4.13. The summed E-state index contributed by atoms with van der Waals surface area (Å²) in [4.78, 5) is 29.5. The number of para-hydroxylation sites is 1. The van der Waals surface area contributed by atoms with Gasteiger partial charge in [-0.3, -0.25) is 14.5 Å². The van der Waals surface area contributed by atoms with Crippen LogP contribution in [0, 0.1) is 0 Å². The first kappa shape index (κ1) is 23.8. The first-order valence-electron chi connectivity index (χ1n) is 11.8. The van der Waals surface area contributed by atoms with Gasteiger partial charge in [0.05, 0.1) is 10.6 Å². The number of carbonyl (C=O) groups is 2. The van der Waals surface area contributed by atoms with Gasteiger partial charge < -0.3 is 5.32 Å². The third-order valence-corrected chi connectivity index (χ3v) is 7.01. The highest BCUT2D eigenvalue weighted by Gasteiger charge is 2.30. The molecule has 3 aromatic carbocycles. The normalized spacial score (nSPS) is 15.2. The molecule has 0 bridgehead atoms. The minimum Gasteiger partial charge on any atom is -0.352 e. The van der Waals surface area contributed by atoms with E-state index in [4.69, 9.17) is 0 Å². The molecule has 4 nitrogen and oxygen atoms in total. The zero-order valence-electron chi connectivity index (χ0n) is 19.7. The smallest absolute Gasteiger partial charge is 0.265 e. The predicted octanol–water partition coefficient (Wildman–Crippen LogP) is 5.87. The first-order chi connectivity index (χ1) is 16.5. The molecule has 34 heavy (non-hydrogen) atoms. The van der Waals surface area contributed by atoms with Crippen LogP contribution in [0.25, 0.3) is 6.08 Å². The Hall–Kier alpha value is -3.31. The Balaban J connectivity index is 1.46. The Kier molecular flexibility index (Phi) is 7.86. The number of thioether (sulfide) groups is 1. The number of nitrogens with zero attached hydrogens (tertiary/aromatic N) is 1. The van der Waals surface area contributed by atoms with Crippen molar-refractivity contribution < 1.29 is 9.59 Å². The fraction of sp³-hybridized carbons (Fsp3) is 0.241. The molecular weight excluding hydrogens is 440 g/mol. The molecule has 1 aliphatic heterocycles. The second-order valence-corrected chi connectivity index (χ2v) is 9.64. The topological polar surface area (TPSA) is 49.4 Å². The summed E-state index contributed by atoms with van der Waals surface area (Å²) in [5.41, 5.74) is 4.27. The van der Waals surface area contributed by atoms with Crippen molar-refractivity contribution in [2.45, 2.75) is 44.0 Å². The molecule has 0 fully saturated rings. The maximum absolute atomic E-state index is 13.4. The molecule has 0 saturated heterocycles. The van der Waals surface area contributed by atoms with E-state index in [1.807, 2.05) is 67.6 Å². The van der Waals surface area contributed by atoms with E-state index in [1.54, 1.807) is 4.90 Å². The van der Waals surface area contributed by atoms with Crippen molar-refractivity contribution in [1.82, 2.24) is 5.32 Å². The Morgan fingerprint density at radius 3 is 2.41 bits per heavy atom. The number of benzene rings is 3. The van der Waals surface area contributed by atoms with Crippen molar-refractivity contribution in [2.24, 2.45) is 0 Å². The molecule has 1 N–H and O–H groups in total. The van der Waals surface area contributed by atoms with Crippen molar-refractivity contribution in [3.8, 4) is 0 Å². The Morgan fingerprint density at radius 1 is 0.971 bits per heavy atom. The maximum Gasteiger partial charge on any atom is 0.265 e. The first-order valence-corrected chi connectivity index (χ1v) is 12.6. The molecule has 3 aromatic rings. The van der Waals surface area contributed by atoms with Gasteiger partial charge in [-0.05, 0) is 61.1 Å². The molecule has 1 heterocycles. The minimum absolute atomic E-state index is 0.00179. The number of anilines is 1. The second kappa shape index (κ2) is 11.2. The average Bonchev–Trinajstić information content (AvgIpc) is 2.86. The fourth-order valence-electron chi connectivity index (χ4n) is 3.98. The monoisotopic (exact) mass is 470 g/mol. The van der Waals surface area contributed by atoms with Crippen LogP contribution >= 0.6 is 11.8 Å². The van der Waals surface area contributed by atoms with Crippen LogP contribution in [-0.2, 0) is 22.4 Å². The summed E-state index contributed by atoms with van der Waals surface area (Å²) in [7, 11) is 0. The number of hydrogen-bond donors (Lipinski definition) is 1. The highest BCUT2D eigenvalue weighted by molar-refractivity contribution is 8.04. The lowest BCUT2D eigenvalue weighted by atomic mass is 10.1. The number of amides is 2. The van der Waals surface area contributed by atoms with E-state index in [2.05, 4.69) is 36.5 Å². The third kappa shape index (κ3) is 5.97. The van der Waals surface area contributed by atoms with Gasteiger partial charge in [0.2, 0.25) is 5.91 Å². The Bertz CT molecular complexity index is 1170. The van der Waals surface area contributed by atoms with Crippen LogP contribution in [0.2, 0.25) is 0 Å². The maximum atomic E-state index is 13.4. The van der Waals surface area contributed by atoms with Gasteiger partial charge in [0.25, 0.3) is 5.91 Å². The van der Waals surface area contributed by atoms with Crippen LogP contribution in [0.1, 0.15) is 37.0 Å². The summed E-state index contributed by atoms with van der Waals surface area (Å²) in [5.74, 6) is -0.294. The molecule has 0 aliphatic carbocycles. The number of carbonyl (C=O) groups excluding carboxylic acids is 2. The van der Waals surface area contributed by atoms with E-state index in [9.17, 15) is 9.59 Å². The van der Waals surface area contributed by atoms with Gasteiger partial charge in [-0.15, -0.1) is 0 Å². The standard InChI is InChI=1S/C29H30N2O2S/c1-3-22-15-17-24(18-16-22)19-27-29(33)31(25-11-7-8-12-26(25)34-27)20-28(32)30-21(2)13-14-23-9-5-4-6-10-23/h4-12,15-19,21H,3,13-14,20H2,1-2H3,(H,30,32)/b27-19-/t21-/m1/s1. The number of fused-ring (bicyclic) bond motifs is 1. The third-order valence-electron chi connectivity index (χ3n) is 5.94. The van der Waals surface area contributed by atoms with Crippen LogP contribution < -0.4 is 10.2 Å². The molecule has 0 spiro atoms. The molecule has 1 atom stereocenters. The summed E-state index contributed by atoms with van der Waals surface area (Å²) in [6, 6.07) is 26.3. The van der Waals surface area contributed by atoms with E-state index >= 15 is 0 Å². The van der Waals surface area contributed by atoms with Crippen LogP contribution in [0.5, 0.6) is 0 Å². The molecule has 0 aromatic heterocycles. The molecule has 0 saturated carbocycles. The zero-order valence-corrected chi connectivity index (χ0v) is 20.5. The van der Waals surface area contributed by atoms with E-state index in [-0.39, 0.29) is 24.4 Å². The van der Waals surface area contributed by atoms with Crippen LogP contribution in [0.3, 0.4) is 0 Å². The summed E-state index contributed by atoms with van der Waals surface area (Å²) in [5, 5.41) is 3.07. The van der Waals surface area contributed by atoms with Gasteiger partial charge in [0.15, 0.2) is 0 Å². The average molecular weight is 471 g/mol. The quantitative estimate of drug-likeness (QED) is 0.419. The van der Waals surface area contributed by atoms with Crippen molar-refractivity contribution in [1.29, 1.82) is 0 Å². The number of nitrogens with one attached hydrogen (secondary N) is 1. The number of aryl methyl sites for hydroxylation is 2. The zero-order chi connectivity index (χ0) is 23.9. The van der Waals surface area contributed by atoms with Crippen LogP contribution in [0.15, 0.2) is 88.7 Å². The van der Waals surface area contributed by atoms with E-state index < -0.39 is 0 Å². The van der Waals surface area contributed by atoms with Gasteiger partial charge in [-0.2, -0.15) is 0 Å². The number of hydrogen-bond acceptors (Lipinski definition) is 3. The van der Waals surface area contributed by atoms with Gasteiger partial charge >= 0.3 is 0 Å². The summed E-state index contributed by atoms with van der Waals surface area (Å²) < 4.78 is 0. The van der Waals surface area contributed by atoms with E-state index in [1.165, 1.54) is 22.9 Å². The second-order valence-electron chi connectivity index (χ2n) is 8.56. The lowest BCUT2D eigenvalue weighted by molar-refractivity contribution is -0.122. The molecule has 5 heteroatoms. The van der Waals surface area contributed by atoms with E-state index in [0.717, 1.165) is 35.4 Å². The largest absolute Gasteiger partial charge is 0.352 e. The highest BCUT2D eigenvalue weighted by Crippen LogP contribution is 2.41. The highest BCUT2D eigenvalue weighted by atomic mass is 32.2. The lowest BCUT2D eigenvalue weighted by Gasteiger charge is -2.30. The molecular formula is C29H30N2O2S. The van der Waals surface area contributed by atoms with Crippen molar-refractivity contribution in [3.05, 3.63) is 100 Å². The van der Waals surface area contributed by atoms with Crippen LogP contribution in [0.4, 0.5) is 5.69 Å². The van der Waals surface area contributed by atoms with Gasteiger partial charge in [0, 0.05) is 10.9 Å².